The van der Waals surface area contributed by atoms with Gasteiger partial charge in [0, 0.05) is 25.2 Å². The van der Waals surface area contributed by atoms with Gasteiger partial charge in [-0.05, 0) is 44.4 Å². The van der Waals surface area contributed by atoms with Gasteiger partial charge in [-0.15, -0.1) is 24.0 Å². The van der Waals surface area contributed by atoms with E-state index in [1.165, 1.54) is 6.07 Å². The molecule has 0 bridgehead atoms. The highest BCUT2D eigenvalue weighted by molar-refractivity contribution is 14.0. The fraction of sp³-hybridized carbons (Fsp3) is 0.579. The molecule has 1 fully saturated rings. The maximum absolute atomic E-state index is 13.5. The Morgan fingerprint density at radius 3 is 2.67 bits per heavy atom. The largest absolute Gasteiger partial charge is 0.466 e. The molecule has 27 heavy (non-hydrogen) atoms. The summed E-state index contributed by atoms with van der Waals surface area (Å²) in [4.78, 5) is 18.6. The number of aliphatic hydroxyl groups is 1. The molecule has 152 valence electrons. The summed E-state index contributed by atoms with van der Waals surface area (Å²) < 4.78 is 18.6. The molecule has 2 N–H and O–H groups in total. The molecule has 6 nitrogen and oxygen atoms in total. The van der Waals surface area contributed by atoms with Crippen LogP contribution in [0.2, 0.25) is 0 Å². The van der Waals surface area contributed by atoms with Gasteiger partial charge < -0.3 is 20.1 Å². The van der Waals surface area contributed by atoms with Crippen LogP contribution in [0.3, 0.4) is 0 Å². The number of carbonyl (C=O) groups is 1. The fourth-order valence-corrected chi connectivity index (χ4v) is 3.03. The molecule has 1 heterocycles. The van der Waals surface area contributed by atoms with Crippen LogP contribution in [0.25, 0.3) is 0 Å². The number of hydrogen-bond acceptors (Lipinski definition) is 4. The Morgan fingerprint density at radius 2 is 2.07 bits per heavy atom. The van der Waals surface area contributed by atoms with Gasteiger partial charge in [0.1, 0.15) is 5.82 Å². The number of halogens is 2. The molecule has 1 aliphatic rings. The highest BCUT2D eigenvalue weighted by Gasteiger charge is 2.27. The van der Waals surface area contributed by atoms with Gasteiger partial charge in [-0.1, -0.05) is 6.07 Å². The molecular formula is C19H29FIN3O3. The van der Waals surface area contributed by atoms with Gasteiger partial charge in [-0.3, -0.25) is 4.79 Å². The van der Waals surface area contributed by atoms with Crippen molar-refractivity contribution >= 4 is 35.9 Å². The van der Waals surface area contributed by atoms with E-state index >= 15 is 0 Å². The van der Waals surface area contributed by atoms with Crippen LogP contribution in [0.5, 0.6) is 0 Å². The third-order valence-electron chi connectivity index (χ3n) is 4.44. The predicted molar refractivity (Wildman–Crippen MR) is 113 cm³/mol. The molecule has 0 aromatic heterocycles. The van der Waals surface area contributed by atoms with Crippen molar-refractivity contribution in [2.24, 2.45) is 10.9 Å². The Morgan fingerprint density at radius 1 is 1.37 bits per heavy atom. The lowest BCUT2D eigenvalue weighted by Crippen LogP contribution is -2.46. The van der Waals surface area contributed by atoms with Crippen molar-refractivity contribution in [1.82, 2.24) is 10.2 Å². The highest BCUT2D eigenvalue weighted by atomic mass is 127. The van der Waals surface area contributed by atoms with Gasteiger partial charge in [0.2, 0.25) is 0 Å². The van der Waals surface area contributed by atoms with Crippen LogP contribution < -0.4 is 5.32 Å². The number of guanidine groups is 1. The predicted octanol–water partition coefficient (Wildman–Crippen LogP) is 2.68. The van der Waals surface area contributed by atoms with Crippen molar-refractivity contribution in [3.8, 4) is 0 Å². The minimum absolute atomic E-state index is 0. The van der Waals surface area contributed by atoms with E-state index in [9.17, 15) is 14.3 Å². The summed E-state index contributed by atoms with van der Waals surface area (Å²) in [5, 5.41) is 12.5. The monoisotopic (exact) mass is 493 g/mol. The smallest absolute Gasteiger partial charge is 0.309 e. The van der Waals surface area contributed by atoms with Gasteiger partial charge >= 0.3 is 5.97 Å². The summed E-state index contributed by atoms with van der Waals surface area (Å²) in [6.07, 6.45) is 1.49. The number of ether oxygens (including phenoxy) is 1. The van der Waals surface area contributed by atoms with E-state index in [2.05, 4.69) is 15.2 Å². The highest BCUT2D eigenvalue weighted by Crippen LogP contribution is 2.19. The van der Waals surface area contributed by atoms with Crippen LogP contribution in [0.15, 0.2) is 23.2 Å². The zero-order valence-corrected chi connectivity index (χ0v) is 18.2. The van der Waals surface area contributed by atoms with Crippen LogP contribution in [-0.4, -0.2) is 48.2 Å². The fourth-order valence-electron chi connectivity index (χ4n) is 3.03. The van der Waals surface area contributed by atoms with Crippen molar-refractivity contribution in [2.75, 3.05) is 26.2 Å². The third-order valence-corrected chi connectivity index (χ3v) is 4.44. The zero-order chi connectivity index (χ0) is 18.9. The molecule has 0 spiro atoms. The SMILES string of the molecule is CCNC(=NCc1ccc(F)c(CO)c1)N1CCC(C(=O)OCC)CC1.I. The molecule has 0 unspecified atom stereocenters. The van der Waals surface area contributed by atoms with Crippen molar-refractivity contribution in [3.05, 3.63) is 35.1 Å². The quantitative estimate of drug-likeness (QED) is 0.276. The minimum atomic E-state index is -0.409. The van der Waals surface area contributed by atoms with Gasteiger partial charge in [-0.25, -0.2) is 9.38 Å². The Kier molecular flexibility index (Phi) is 10.6. The molecular weight excluding hydrogens is 464 g/mol. The van der Waals surface area contributed by atoms with E-state index in [1.807, 2.05) is 13.8 Å². The van der Waals surface area contributed by atoms with E-state index in [4.69, 9.17) is 4.74 Å². The van der Waals surface area contributed by atoms with E-state index in [0.29, 0.717) is 13.2 Å². The van der Waals surface area contributed by atoms with E-state index in [0.717, 1.165) is 44.0 Å². The summed E-state index contributed by atoms with van der Waals surface area (Å²) in [6, 6.07) is 4.66. The number of hydrogen-bond donors (Lipinski definition) is 2. The Balaban J connectivity index is 0.00000364. The Bertz CT molecular complexity index is 635. The number of rotatable bonds is 6. The lowest BCUT2D eigenvalue weighted by molar-refractivity contribution is -0.149. The first-order valence-corrected chi connectivity index (χ1v) is 9.17. The molecule has 8 heteroatoms. The van der Waals surface area contributed by atoms with Crippen LogP contribution in [-0.2, 0) is 22.7 Å². The maximum Gasteiger partial charge on any atom is 0.309 e. The summed E-state index contributed by atoms with van der Waals surface area (Å²) >= 11 is 0. The molecule has 0 radical (unpaired) electrons. The number of esters is 1. The second-order valence-electron chi connectivity index (χ2n) is 6.27. The molecule has 0 atom stereocenters. The molecule has 2 rings (SSSR count). The Hall–Kier alpha value is -1.42. The average molecular weight is 493 g/mol. The molecule has 1 aliphatic heterocycles. The van der Waals surface area contributed by atoms with Crippen molar-refractivity contribution in [3.63, 3.8) is 0 Å². The third kappa shape index (κ3) is 6.91. The molecule has 1 aromatic rings. The zero-order valence-electron chi connectivity index (χ0n) is 15.9. The topological polar surface area (TPSA) is 74.2 Å². The van der Waals surface area contributed by atoms with Gasteiger partial charge in [-0.2, -0.15) is 0 Å². The van der Waals surface area contributed by atoms with Crippen LogP contribution in [0.4, 0.5) is 4.39 Å². The summed E-state index contributed by atoms with van der Waals surface area (Å²) in [5.74, 6) is 0.216. The molecule has 1 saturated heterocycles. The van der Waals surface area contributed by atoms with E-state index < -0.39 is 5.82 Å². The lowest BCUT2D eigenvalue weighted by Gasteiger charge is -2.33. The van der Waals surface area contributed by atoms with E-state index in [1.54, 1.807) is 12.1 Å². The number of nitrogens with zero attached hydrogens (tertiary/aromatic N) is 2. The first-order chi connectivity index (χ1) is 12.6. The summed E-state index contributed by atoms with van der Waals surface area (Å²) in [5.41, 5.74) is 1.12. The van der Waals surface area contributed by atoms with Crippen molar-refractivity contribution in [1.29, 1.82) is 0 Å². The molecule has 0 saturated carbocycles. The van der Waals surface area contributed by atoms with Crippen LogP contribution >= 0.6 is 24.0 Å². The van der Waals surface area contributed by atoms with Gasteiger partial charge in [0.05, 0.1) is 25.7 Å². The maximum atomic E-state index is 13.5. The Labute approximate surface area is 177 Å². The van der Waals surface area contributed by atoms with Crippen LogP contribution in [0.1, 0.15) is 37.8 Å². The number of benzene rings is 1. The number of aliphatic hydroxyl groups excluding tert-OH is 1. The van der Waals surface area contributed by atoms with Crippen LogP contribution in [0, 0.1) is 11.7 Å². The second-order valence-corrected chi connectivity index (χ2v) is 6.27. The normalized spacial score (nSPS) is 15.3. The van der Waals surface area contributed by atoms with E-state index in [-0.39, 0.29) is 48.0 Å². The standard InChI is InChI=1S/C19H28FN3O3.HI/c1-3-21-19(22-12-14-5-6-17(20)16(11-14)13-24)23-9-7-15(8-10-23)18(25)26-4-2;/h5-6,11,15,24H,3-4,7-10,12-13H2,1-2H3,(H,21,22);1H. The first kappa shape index (κ1) is 23.6. The first-order valence-electron chi connectivity index (χ1n) is 9.17. The summed E-state index contributed by atoms with van der Waals surface area (Å²) in [6.45, 7) is 6.52. The number of likely N-dealkylation sites (tertiary alicyclic amines) is 1. The van der Waals surface area contributed by atoms with Gasteiger partial charge in [0.15, 0.2) is 5.96 Å². The average Bonchev–Trinajstić information content (AvgIpc) is 2.66. The summed E-state index contributed by atoms with van der Waals surface area (Å²) in [7, 11) is 0. The second kappa shape index (κ2) is 12.1. The molecule has 0 amide bonds. The van der Waals surface area contributed by atoms with Gasteiger partial charge in [0.25, 0.3) is 0 Å². The number of aliphatic imine (C=N–C) groups is 1. The van der Waals surface area contributed by atoms with Crippen molar-refractivity contribution < 1.29 is 19.0 Å². The number of carbonyl (C=O) groups excluding carboxylic acids is 1. The molecule has 1 aromatic carbocycles. The number of nitrogens with one attached hydrogen (secondary N) is 1. The lowest BCUT2D eigenvalue weighted by atomic mass is 9.97. The number of piperidine rings is 1. The minimum Gasteiger partial charge on any atom is -0.466 e. The molecule has 0 aliphatic carbocycles. The van der Waals surface area contributed by atoms with Crippen molar-refractivity contribution in [2.45, 2.75) is 39.8 Å².